The number of carbonyl (C=O) groups is 1. The van der Waals surface area contributed by atoms with Crippen molar-refractivity contribution in [2.24, 2.45) is 0 Å². The third-order valence-corrected chi connectivity index (χ3v) is 4.65. The van der Waals surface area contributed by atoms with Gasteiger partial charge in [-0.05, 0) is 50.7 Å². The minimum Gasteiger partial charge on any atom is -0.368 e. The molecule has 128 valence electrons. The fourth-order valence-corrected chi connectivity index (χ4v) is 2.96. The molecule has 5 nitrogen and oxygen atoms in total. The van der Waals surface area contributed by atoms with E-state index in [0.717, 1.165) is 44.6 Å². The Bertz CT molecular complexity index is 513. The average molecular weight is 319 g/mol. The highest BCUT2D eigenvalue weighted by Gasteiger charge is 2.39. The lowest BCUT2D eigenvalue weighted by Gasteiger charge is -2.34. The second-order valence-electron chi connectivity index (χ2n) is 6.28. The summed E-state index contributed by atoms with van der Waals surface area (Å²) in [6.07, 6.45) is 1.44. The Morgan fingerprint density at radius 1 is 1.35 bits per heavy atom. The third-order valence-electron chi connectivity index (χ3n) is 4.65. The van der Waals surface area contributed by atoms with Gasteiger partial charge in [-0.1, -0.05) is 31.2 Å². The number of nitrogens with zero attached hydrogens (tertiary/aromatic N) is 1. The Kier molecular flexibility index (Phi) is 6.57. The summed E-state index contributed by atoms with van der Waals surface area (Å²) in [6.45, 7) is 6.27. The topological polar surface area (TPSA) is 53.6 Å². The van der Waals surface area contributed by atoms with Crippen molar-refractivity contribution in [3.63, 3.8) is 0 Å². The number of piperidine rings is 1. The zero-order chi connectivity index (χ0) is 16.7. The lowest BCUT2D eigenvalue weighted by atomic mass is 9.91. The molecule has 0 spiro atoms. The van der Waals surface area contributed by atoms with Crippen LogP contribution in [0, 0.1) is 0 Å². The van der Waals surface area contributed by atoms with E-state index in [1.807, 2.05) is 0 Å². The molecule has 1 aliphatic heterocycles. The van der Waals surface area contributed by atoms with Crippen LogP contribution >= 0.6 is 0 Å². The highest BCUT2D eigenvalue weighted by Crippen LogP contribution is 2.22. The summed E-state index contributed by atoms with van der Waals surface area (Å²) in [5.74, 6) is -0.00224. The van der Waals surface area contributed by atoms with Crippen molar-refractivity contribution in [3.8, 4) is 0 Å². The van der Waals surface area contributed by atoms with Gasteiger partial charge in [-0.2, -0.15) is 0 Å². The molecule has 0 saturated carbocycles. The maximum atomic E-state index is 12.6. The van der Waals surface area contributed by atoms with Crippen LogP contribution in [-0.4, -0.2) is 50.2 Å². The molecule has 1 amide bonds. The van der Waals surface area contributed by atoms with Crippen molar-refractivity contribution in [2.75, 3.05) is 33.8 Å². The fourth-order valence-electron chi connectivity index (χ4n) is 2.96. The van der Waals surface area contributed by atoms with Crippen LogP contribution in [0.3, 0.4) is 0 Å². The van der Waals surface area contributed by atoms with Gasteiger partial charge in [0.05, 0.1) is 0 Å². The van der Waals surface area contributed by atoms with Crippen LogP contribution < -0.4 is 10.6 Å². The minimum atomic E-state index is -0.675. The van der Waals surface area contributed by atoms with Crippen LogP contribution in [0.15, 0.2) is 24.3 Å². The number of methoxy groups -OCH3 is 1. The molecule has 1 saturated heterocycles. The Morgan fingerprint density at radius 3 is 2.70 bits per heavy atom. The number of benzene rings is 1. The van der Waals surface area contributed by atoms with E-state index < -0.39 is 5.60 Å². The first-order chi connectivity index (χ1) is 11.1. The number of amides is 1. The van der Waals surface area contributed by atoms with Crippen molar-refractivity contribution in [2.45, 2.75) is 38.5 Å². The quantitative estimate of drug-likeness (QED) is 0.800. The molecule has 5 heteroatoms. The van der Waals surface area contributed by atoms with Gasteiger partial charge in [-0.25, -0.2) is 0 Å². The van der Waals surface area contributed by atoms with Gasteiger partial charge in [0.25, 0.3) is 5.91 Å². The van der Waals surface area contributed by atoms with E-state index in [2.05, 4.69) is 53.8 Å². The molecule has 0 atom stereocenters. The van der Waals surface area contributed by atoms with E-state index in [9.17, 15) is 4.79 Å². The molecule has 0 unspecified atom stereocenters. The molecule has 2 N–H and O–H groups in total. The van der Waals surface area contributed by atoms with Crippen molar-refractivity contribution < 1.29 is 9.53 Å². The van der Waals surface area contributed by atoms with E-state index in [-0.39, 0.29) is 5.91 Å². The summed E-state index contributed by atoms with van der Waals surface area (Å²) in [5, 5.41) is 6.32. The van der Waals surface area contributed by atoms with E-state index in [1.54, 1.807) is 7.11 Å². The highest BCUT2D eigenvalue weighted by atomic mass is 16.5. The molecule has 1 aromatic carbocycles. The number of nitrogens with one attached hydrogen (secondary N) is 2. The molecule has 0 aromatic heterocycles. The van der Waals surface area contributed by atoms with Crippen LogP contribution in [0.4, 0.5) is 0 Å². The molecule has 23 heavy (non-hydrogen) atoms. The maximum absolute atomic E-state index is 12.6. The summed E-state index contributed by atoms with van der Waals surface area (Å²) in [6, 6.07) is 8.39. The van der Waals surface area contributed by atoms with Crippen LogP contribution in [0.1, 0.15) is 30.9 Å². The molecule has 0 bridgehead atoms. The monoisotopic (exact) mass is 319 g/mol. The maximum Gasteiger partial charge on any atom is 0.252 e. The molecule has 1 fully saturated rings. The second kappa shape index (κ2) is 8.43. The van der Waals surface area contributed by atoms with Gasteiger partial charge in [-0.15, -0.1) is 0 Å². The Balaban J connectivity index is 1.94. The van der Waals surface area contributed by atoms with E-state index in [4.69, 9.17) is 4.74 Å². The number of carbonyl (C=O) groups excluding carboxylic acids is 1. The molecular formula is C18H29N3O2. The SMILES string of the molecule is CCN(C)Cc1cccc(CNC(=O)C2(OC)CCNCC2)c1. The summed E-state index contributed by atoms with van der Waals surface area (Å²) >= 11 is 0. The Morgan fingerprint density at radius 2 is 2.04 bits per heavy atom. The molecule has 2 rings (SSSR count). The van der Waals surface area contributed by atoms with Crippen molar-refractivity contribution in [3.05, 3.63) is 35.4 Å². The van der Waals surface area contributed by atoms with Crippen molar-refractivity contribution in [1.29, 1.82) is 0 Å². The average Bonchev–Trinajstić information content (AvgIpc) is 2.60. The lowest BCUT2D eigenvalue weighted by Crippen LogP contribution is -2.53. The third kappa shape index (κ3) is 4.77. The largest absolute Gasteiger partial charge is 0.368 e. The predicted molar refractivity (Wildman–Crippen MR) is 92.1 cm³/mol. The van der Waals surface area contributed by atoms with Crippen LogP contribution in [0.25, 0.3) is 0 Å². The molecular weight excluding hydrogens is 290 g/mol. The first kappa shape index (κ1) is 17.9. The number of rotatable bonds is 7. The normalized spacial score (nSPS) is 17.2. The van der Waals surface area contributed by atoms with Gasteiger partial charge in [0.1, 0.15) is 5.60 Å². The zero-order valence-electron chi connectivity index (χ0n) is 14.5. The van der Waals surface area contributed by atoms with Crippen LogP contribution in [0.5, 0.6) is 0 Å². The second-order valence-corrected chi connectivity index (χ2v) is 6.28. The summed E-state index contributed by atoms with van der Waals surface area (Å²) in [7, 11) is 3.74. The van der Waals surface area contributed by atoms with Crippen molar-refractivity contribution in [1.82, 2.24) is 15.5 Å². The first-order valence-corrected chi connectivity index (χ1v) is 8.40. The first-order valence-electron chi connectivity index (χ1n) is 8.40. The van der Waals surface area contributed by atoms with Gasteiger partial charge >= 0.3 is 0 Å². The van der Waals surface area contributed by atoms with Crippen molar-refractivity contribution >= 4 is 5.91 Å². The Labute approximate surface area is 139 Å². The van der Waals surface area contributed by atoms with Crippen LogP contribution in [-0.2, 0) is 22.6 Å². The highest BCUT2D eigenvalue weighted by molar-refractivity contribution is 5.85. The fraction of sp³-hybridized carbons (Fsp3) is 0.611. The van der Waals surface area contributed by atoms with E-state index >= 15 is 0 Å². The van der Waals surface area contributed by atoms with E-state index in [1.165, 1.54) is 5.56 Å². The molecule has 1 aromatic rings. The lowest BCUT2D eigenvalue weighted by molar-refractivity contribution is -0.146. The summed E-state index contributed by atoms with van der Waals surface area (Å²) < 4.78 is 5.56. The van der Waals surface area contributed by atoms with Gasteiger partial charge in [-0.3, -0.25) is 4.79 Å². The van der Waals surface area contributed by atoms with Gasteiger partial charge in [0.15, 0.2) is 0 Å². The standard InChI is InChI=1S/C18H29N3O2/c1-4-21(2)14-16-7-5-6-15(12-16)13-20-17(22)18(23-3)8-10-19-11-9-18/h5-7,12,19H,4,8-11,13-14H2,1-3H3,(H,20,22). The molecule has 0 aliphatic carbocycles. The van der Waals surface area contributed by atoms with Gasteiger partial charge in [0.2, 0.25) is 0 Å². The predicted octanol–water partition coefficient (Wildman–Crippen LogP) is 1.52. The van der Waals surface area contributed by atoms with E-state index in [0.29, 0.717) is 6.54 Å². The van der Waals surface area contributed by atoms with Gasteiger partial charge in [0, 0.05) is 20.2 Å². The van der Waals surface area contributed by atoms with Crippen LogP contribution in [0.2, 0.25) is 0 Å². The smallest absolute Gasteiger partial charge is 0.252 e. The minimum absolute atomic E-state index is 0.00224. The van der Waals surface area contributed by atoms with Gasteiger partial charge < -0.3 is 20.3 Å². The number of hydrogen-bond donors (Lipinski definition) is 2. The molecule has 0 radical (unpaired) electrons. The molecule has 1 heterocycles. The zero-order valence-corrected chi connectivity index (χ0v) is 14.5. The molecule has 1 aliphatic rings. The summed E-state index contributed by atoms with van der Waals surface area (Å²) in [5.41, 5.74) is 1.72. The Hall–Kier alpha value is -1.43. The summed E-state index contributed by atoms with van der Waals surface area (Å²) in [4.78, 5) is 14.8. The number of ether oxygens (including phenoxy) is 1. The number of hydrogen-bond acceptors (Lipinski definition) is 4.